The molecule has 5 nitrogen and oxygen atoms in total. The average molecular weight is 376 g/mol. The van der Waals surface area contributed by atoms with Gasteiger partial charge in [-0.1, -0.05) is 18.2 Å². The van der Waals surface area contributed by atoms with Gasteiger partial charge >= 0.3 is 6.18 Å². The van der Waals surface area contributed by atoms with Crippen molar-refractivity contribution in [3.05, 3.63) is 53.0 Å². The van der Waals surface area contributed by atoms with Crippen LogP contribution < -0.4 is 5.32 Å². The molecule has 0 aliphatic heterocycles. The van der Waals surface area contributed by atoms with Crippen molar-refractivity contribution in [2.45, 2.75) is 44.9 Å². The first-order chi connectivity index (χ1) is 12.9. The molecule has 1 aliphatic rings. The van der Waals surface area contributed by atoms with Crippen LogP contribution in [0.4, 0.5) is 13.2 Å². The predicted octanol–water partition coefficient (Wildman–Crippen LogP) is 3.58. The highest BCUT2D eigenvalue weighted by Crippen LogP contribution is 2.35. The summed E-state index contributed by atoms with van der Waals surface area (Å²) in [4.78, 5) is 15.5. The lowest BCUT2D eigenvalue weighted by Crippen LogP contribution is -2.28. The number of halogens is 3. The molecule has 0 fully saturated rings. The van der Waals surface area contributed by atoms with Gasteiger partial charge in [0.15, 0.2) is 5.69 Å². The summed E-state index contributed by atoms with van der Waals surface area (Å²) < 4.78 is 40.9. The van der Waals surface area contributed by atoms with Gasteiger partial charge in [0.25, 0.3) is 0 Å². The molecule has 8 heteroatoms. The minimum absolute atomic E-state index is 0.208. The number of fused-ring (bicyclic) bond motifs is 2. The van der Waals surface area contributed by atoms with E-state index in [1.807, 2.05) is 30.5 Å². The molecule has 0 saturated carbocycles. The molecule has 0 radical (unpaired) electrons. The Morgan fingerprint density at radius 2 is 2.00 bits per heavy atom. The van der Waals surface area contributed by atoms with Crippen LogP contribution in [0.1, 0.15) is 35.4 Å². The molecule has 2 aromatic heterocycles. The Bertz CT molecular complexity index is 987. The monoisotopic (exact) mass is 376 g/mol. The van der Waals surface area contributed by atoms with E-state index in [-0.39, 0.29) is 18.0 Å². The van der Waals surface area contributed by atoms with Crippen LogP contribution in [0.2, 0.25) is 0 Å². The summed E-state index contributed by atoms with van der Waals surface area (Å²) in [5.41, 5.74) is 1.84. The number of benzene rings is 1. The Kier molecular flexibility index (Phi) is 4.41. The molecule has 1 amide bonds. The highest BCUT2D eigenvalue weighted by atomic mass is 19.4. The van der Waals surface area contributed by atoms with Gasteiger partial charge in [-0.2, -0.15) is 18.3 Å². The Hall–Kier alpha value is -2.77. The zero-order chi connectivity index (χ0) is 19.0. The van der Waals surface area contributed by atoms with Crippen LogP contribution >= 0.6 is 0 Å². The van der Waals surface area contributed by atoms with E-state index in [1.165, 1.54) is 4.68 Å². The maximum atomic E-state index is 13.2. The fraction of sp³-hybridized carbons (Fsp3) is 0.368. The number of hydrogen-bond donors (Lipinski definition) is 2. The maximum absolute atomic E-state index is 13.2. The first kappa shape index (κ1) is 17.6. The van der Waals surface area contributed by atoms with Crippen molar-refractivity contribution in [2.24, 2.45) is 0 Å². The molecule has 3 aromatic rings. The molecule has 0 spiro atoms. The van der Waals surface area contributed by atoms with Crippen molar-refractivity contribution in [1.29, 1.82) is 0 Å². The third-order valence-corrected chi connectivity index (χ3v) is 4.97. The lowest BCUT2D eigenvalue weighted by atomic mass is 9.95. The molecule has 0 unspecified atom stereocenters. The molecular weight excluding hydrogens is 357 g/mol. The molecular formula is C19H19F3N4O. The number of nitrogens with one attached hydrogen (secondary N) is 2. The van der Waals surface area contributed by atoms with E-state index in [9.17, 15) is 18.0 Å². The molecule has 1 aromatic carbocycles. The van der Waals surface area contributed by atoms with E-state index in [4.69, 9.17) is 0 Å². The van der Waals surface area contributed by atoms with Gasteiger partial charge in [-0.05, 0) is 37.3 Å². The summed E-state index contributed by atoms with van der Waals surface area (Å²) in [5.74, 6) is -0.357. The highest BCUT2D eigenvalue weighted by molar-refractivity contribution is 5.84. The van der Waals surface area contributed by atoms with Crippen LogP contribution in [0.3, 0.4) is 0 Å². The molecule has 1 aliphatic carbocycles. The van der Waals surface area contributed by atoms with Gasteiger partial charge < -0.3 is 10.3 Å². The molecule has 2 N–H and O–H groups in total. The fourth-order valence-electron chi connectivity index (χ4n) is 3.69. The number of para-hydroxylation sites is 1. The second kappa shape index (κ2) is 6.75. The van der Waals surface area contributed by atoms with Crippen molar-refractivity contribution in [1.82, 2.24) is 20.1 Å². The van der Waals surface area contributed by atoms with Crippen molar-refractivity contribution in [3.63, 3.8) is 0 Å². The summed E-state index contributed by atoms with van der Waals surface area (Å²) in [6.45, 7) is 0.0964. The number of amides is 1. The quantitative estimate of drug-likeness (QED) is 0.731. The SMILES string of the molecule is O=C(Cn1nc(C(F)(F)F)c2c1CCCC2)NCc1c[nH]c2ccccc12. The van der Waals surface area contributed by atoms with Crippen molar-refractivity contribution < 1.29 is 18.0 Å². The van der Waals surface area contributed by atoms with Crippen LogP contribution in [0.25, 0.3) is 10.9 Å². The van der Waals surface area contributed by atoms with Crippen LogP contribution in [0.15, 0.2) is 30.5 Å². The summed E-state index contributed by atoms with van der Waals surface area (Å²) in [6.07, 6.45) is -0.258. The maximum Gasteiger partial charge on any atom is 0.435 e. The van der Waals surface area contributed by atoms with Crippen molar-refractivity contribution in [3.8, 4) is 0 Å². The molecule has 27 heavy (non-hydrogen) atoms. The molecule has 0 atom stereocenters. The van der Waals surface area contributed by atoms with E-state index in [2.05, 4.69) is 15.4 Å². The van der Waals surface area contributed by atoms with Gasteiger partial charge in [0.1, 0.15) is 6.54 Å². The lowest BCUT2D eigenvalue weighted by molar-refractivity contribution is -0.142. The zero-order valence-corrected chi connectivity index (χ0v) is 14.6. The zero-order valence-electron chi connectivity index (χ0n) is 14.6. The van der Waals surface area contributed by atoms with Gasteiger partial charge in [0, 0.05) is 34.9 Å². The molecule has 0 bridgehead atoms. The van der Waals surface area contributed by atoms with E-state index in [0.717, 1.165) is 22.9 Å². The van der Waals surface area contributed by atoms with Gasteiger partial charge in [-0.15, -0.1) is 0 Å². The number of nitrogens with zero attached hydrogens (tertiary/aromatic N) is 2. The molecule has 142 valence electrons. The number of aromatic nitrogens is 3. The van der Waals surface area contributed by atoms with Gasteiger partial charge in [0.2, 0.25) is 5.91 Å². The summed E-state index contributed by atoms with van der Waals surface area (Å²) in [7, 11) is 0. The van der Waals surface area contributed by atoms with Gasteiger partial charge in [-0.3, -0.25) is 9.48 Å². The second-order valence-electron chi connectivity index (χ2n) is 6.77. The third-order valence-electron chi connectivity index (χ3n) is 4.97. The number of rotatable bonds is 4. The number of carbonyl (C=O) groups is 1. The van der Waals surface area contributed by atoms with E-state index in [0.29, 0.717) is 31.5 Å². The second-order valence-corrected chi connectivity index (χ2v) is 6.77. The third kappa shape index (κ3) is 3.43. The molecule has 0 saturated heterocycles. The van der Waals surface area contributed by atoms with Crippen molar-refractivity contribution >= 4 is 16.8 Å². The van der Waals surface area contributed by atoms with E-state index < -0.39 is 11.9 Å². The number of aromatic amines is 1. The standard InChI is InChI=1S/C19H19F3N4O/c20-19(21,22)18-14-6-2-4-8-16(14)26(25-18)11-17(27)24-10-12-9-23-15-7-3-1-5-13(12)15/h1,3,5,7,9,23H,2,4,6,8,10-11H2,(H,24,27). The lowest BCUT2D eigenvalue weighted by Gasteiger charge is -2.14. The van der Waals surface area contributed by atoms with Crippen LogP contribution in [0, 0.1) is 0 Å². The van der Waals surface area contributed by atoms with Crippen LogP contribution in [-0.2, 0) is 36.9 Å². The van der Waals surface area contributed by atoms with E-state index in [1.54, 1.807) is 0 Å². The summed E-state index contributed by atoms with van der Waals surface area (Å²) >= 11 is 0. The highest BCUT2D eigenvalue weighted by Gasteiger charge is 2.39. The fourth-order valence-corrected chi connectivity index (χ4v) is 3.69. The minimum atomic E-state index is -4.49. The number of alkyl halides is 3. The first-order valence-corrected chi connectivity index (χ1v) is 8.91. The Labute approximate surface area is 153 Å². The van der Waals surface area contributed by atoms with Crippen molar-refractivity contribution in [2.75, 3.05) is 0 Å². The predicted molar refractivity (Wildman–Crippen MR) is 94.0 cm³/mol. The average Bonchev–Trinajstić information content (AvgIpc) is 3.22. The normalized spacial score (nSPS) is 14.3. The number of H-pyrrole nitrogens is 1. The Morgan fingerprint density at radius 1 is 1.22 bits per heavy atom. The molecule has 4 rings (SSSR count). The van der Waals surface area contributed by atoms with Gasteiger partial charge in [-0.25, -0.2) is 0 Å². The first-order valence-electron chi connectivity index (χ1n) is 8.91. The van der Waals surface area contributed by atoms with Crippen LogP contribution in [-0.4, -0.2) is 20.7 Å². The number of carbonyl (C=O) groups excluding carboxylic acids is 1. The minimum Gasteiger partial charge on any atom is -0.361 e. The van der Waals surface area contributed by atoms with E-state index >= 15 is 0 Å². The smallest absolute Gasteiger partial charge is 0.361 e. The van der Waals surface area contributed by atoms with Crippen LogP contribution in [0.5, 0.6) is 0 Å². The largest absolute Gasteiger partial charge is 0.435 e. The summed E-state index contributed by atoms with van der Waals surface area (Å²) in [5, 5.41) is 7.51. The number of hydrogen-bond acceptors (Lipinski definition) is 2. The summed E-state index contributed by atoms with van der Waals surface area (Å²) in [6, 6.07) is 7.72. The Balaban J connectivity index is 1.49. The Morgan fingerprint density at radius 3 is 2.81 bits per heavy atom. The topological polar surface area (TPSA) is 62.7 Å². The van der Waals surface area contributed by atoms with Gasteiger partial charge in [0.05, 0.1) is 0 Å². The molecule has 2 heterocycles.